The maximum Gasteiger partial charge on any atom is 0.329 e. The van der Waals surface area contributed by atoms with E-state index in [0.29, 0.717) is 0 Å². The molecule has 1 saturated carbocycles. The van der Waals surface area contributed by atoms with Crippen molar-refractivity contribution in [1.29, 1.82) is 0 Å². The van der Waals surface area contributed by atoms with Crippen molar-refractivity contribution in [2.45, 2.75) is 44.6 Å². The predicted octanol–water partition coefficient (Wildman–Crippen LogP) is 2.11. The Bertz CT molecular complexity index is 552. The van der Waals surface area contributed by atoms with Gasteiger partial charge in [-0.1, -0.05) is 43.9 Å². The highest BCUT2D eigenvalue weighted by atomic mass is 19.1. The molecule has 0 radical (unpaired) electrons. The predicted molar refractivity (Wildman–Crippen MR) is 81.8 cm³/mol. The number of halogens is 1. The third-order valence-electron chi connectivity index (χ3n) is 3.67. The molecule has 0 saturated heterocycles. The second kappa shape index (κ2) is 8.26. The molecule has 22 heavy (non-hydrogen) atoms. The average molecular weight is 305 g/mol. The van der Waals surface area contributed by atoms with Gasteiger partial charge >= 0.3 is 11.8 Å². The largest absolute Gasteiger partial charge is 0.345 e. The number of carbonyl (C=O) groups is 2. The summed E-state index contributed by atoms with van der Waals surface area (Å²) in [5.41, 5.74) is 2.36. The Balaban J connectivity index is 1.81. The van der Waals surface area contributed by atoms with Gasteiger partial charge in [0, 0.05) is 11.6 Å². The lowest BCUT2D eigenvalue weighted by Crippen LogP contribution is -2.43. The second-order valence-electron chi connectivity index (χ2n) is 5.38. The minimum absolute atomic E-state index is 0.0521. The van der Waals surface area contributed by atoms with Gasteiger partial charge in [-0.15, -0.1) is 0 Å². The third-order valence-corrected chi connectivity index (χ3v) is 3.67. The van der Waals surface area contributed by atoms with E-state index in [1.807, 2.05) is 0 Å². The van der Waals surface area contributed by atoms with E-state index in [-0.39, 0.29) is 11.6 Å². The van der Waals surface area contributed by atoms with Gasteiger partial charge in [-0.2, -0.15) is 5.10 Å². The molecule has 0 aliphatic heterocycles. The molecule has 118 valence electrons. The zero-order chi connectivity index (χ0) is 15.8. The molecule has 1 aromatic rings. The molecule has 5 nitrogen and oxygen atoms in total. The van der Waals surface area contributed by atoms with E-state index >= 15 is 0 Å². The lowest BCUT2D eigenvalue weighted by molar-refractivity contribution is -0.139. The molecule has 0 atom stereocenters. The molecule has 0 bridgehead atoms. The van der Waals surface area contributed by atoms with Gasteiger partial charge in [0.25, 0.3) is 0 Å². The molecule has 6 heteroatoms. The zero-order valence-corrected chi connectivity index (χ0v) is 12.3. The van der Waals surface area contributed by atoms with Crippen LogP contribution in [-0.4, -0.2) is 24.1 Å². The van der Waals surface area contributed by atoms with Crippen LogP contribution in [0.15, 0.2) is 29.4 Å². The number of nitrogens with one attached hydrogen (secondary N) is 2. The fourth-order valence-corrected chi connectivity index (χ4v) is 2.47. The highest BCUT2D eigenvalue weighted by Crippen LogP contribution is 2.16. The van der Waals surface area contributed by atoms with Gasteiger partial charge in [-0.25, -0.2) is 9.82 Å². The van der Waals surface area contributed by atoms with Gasteiger partial charge in [0.15, 0.2) is 0 Å². The fraction of sp³-hybridized carbons (Fsp3) is 0.438. The maximum atomic E-state index is 13.3. The number of hydrogen-bond acceptors (Lipinski definition) is 3. The van der Waals surface area contributed by atoms with Crippen LogP contribution in [0.5, 0.6) is 0 Å². The summed E-state index contributed by atoms with van der Waals surface area (Å²) in [6, 6.07) is 6.09. The van der Waals surface area contributed by atoms with E-state index in [0.717, 1.165) is 25.7 Å². The number of hydrazone groups is 1. The topological polar surface area (TPSA) is 70.6 Å². The minimum atomic E-state index is -0.836. The van der Waals surface area contributed by atoms with Gasteiger partial charge in [0.1, 0.15) is 5.82 Å². The smallest absolute Gasteiger partial charge is 0.329 e. The van der Waals surface area contributed by atoms with Crippen molar-refractivity contribution in [2.24, 2.45) is 5.10 Å². The van der Waals surface area contributed by atoms with E-state index < -0.39 is 17.6 Å². The lowest BCUT2D eigenvalue weighted by Gasteiger charge is -2.14. The normalized spacial score (nSPS) is 16.2. The number of nitrogens with zero attached hydrogens (tertiary/aromatic N) is 1. The van der Waals surface area contributed by atoms with Crippen LogP contribution in [0.1, 0.15) is 44.1 Å². The highest BCUT2D eigenvalue weighted by Gasteiger charge is 2.19. The van der Waals surface area contributed by atoms with Crippen LogP contribution >= 0.6 is 0 Å². The van der Waals surface area contributed by atoms with Gasteiger partial charge < -0.3 is 5.32 Å². The van der Waals surface area contributed by atoms with Crippen molar-refractivity contribution in [1.82, 2.24) is 10.7 Å². The molecule has 0 spiro atoms. The van der Waals surface area contributed by atoms with Gasteiger partial charge in [0.05, 0.1) is 6.21 Å². The van der Waals surface area contributed by atoms with Crippen LogP contribution < -0.4 is 10.7 Å². The standard InChI is InChI=1S/C16H20FN3O2/c17-14-10-6-5-7-12(14)11-18-20-16(22)15(21)19-13-8-3-1-2-4-9-13/h5-7,10-11,13H,1-4,8-9H2,(H,19,21)(H,20,22)/b18-11-. The van der Waals surface area contributed by atoms with E-state index in [1.54, 1.807) is 12.1 Å². The van der Waals surface area contributed by atoms with Crippen LogP contribution in [0, 0.1) is 5.82 Å². The summed E-state index contributed by atoms with van der Waals surface area (Å²) in [4.78, 5) is 23.4. The number of benzene rings is 1. The van der Waals surface area contributed by atoms with E-state index in [9.17, 15) is 14.0 Å². The molecule has 1 fully saturated rings. The molecule has 2 N–H and O–H groups in total. The quantitative estimate of drug-likeness (QED) is 0.389. The first-order valence-corrected chi connectivity index (χ1v) is 7.55. The Hall–Kier alpha value is -2.24. The number of carbonyl (C=O) groups excluding carboxylic acids is 2. The summed E-state index contributed by atoms with van der Waals surface area (Å²) in [7, 11) is 0. The summed E-state index contributed by atoms with van der Waals surface area (Å²) >= 11 is 0. The van der Waals surface area contributed by atoms with Crippen molar-refractivity contribution in [3.63, 3.8) is 0 Å². The molecule has 1 aliphatic carbocycles. The Morgan fingerprint density at radius 2 is 1.77 bits per heavy atom. The van der Waals surface area contributed by atoms with Crippen molar-refractivity contribution in [3.8, 4) is 0 Å². The van der Waals surface area contributed by atoms with Crippen molar-refractivity contribution < 1.29 is 14.0 Å². The van der Waals surface area contributed by atoms with Crippen molar-refractivity contribution >= 4 is 18.0 Å². The van der Waals surface area contributed by atoms with Crippen molar-refractivity contribution in [2.75, 3.05) is 0 Å². The molecule has 1 aliphatic rings. The summed E-state index contributed by atoms with van der Waals surface area (Å²) in [6.07, 6.45) is 7.45. The second-order valence-corrected chi connectivity index (χ2v) is 5.38. The maximum absolute atomic E-state index is 13.3. The highest BCUT2D eigenvalue weighted by molar-refractivity contribution is 6.35. The van der Waals surface area contributed by atoms with Crippen LogP contribution in [0.3, 0.4) is 0 Å². The lowest BCUT2D eigenvalue weighted by atomic mass is 10.1. The average Bonchev–Trinajstić information content (AvgIpc) is 2.77. The summed E-state index contributed by atoms with van der Waals surface area (Å²) in [6.45, 7) is 0. The third kappa shape index (κ3) is 4.95. The zero-order valence-electron chi connectivity index (χ0n) is 12.3. The molecule has 0 heterocycles. The molecule has 2 rings (SSSR count). The molecule has 0 aromatic heterocycles. The Labute approximate surface area is 129 Å². The number of rotatable bonds is 3. The Morgan fingerprint density at radius 1 is 1.09 bits per heavy atom. The molecule has 1 aromatic carbocycles. The summed E-state index contributed by atoms with van der Waals surface area (Å²) in [5, 5.41) is 6.33. The van der Waals surface area contributed by atoms with E-state index in [2.05, 4.69) is 15.8 Å². The summed E-state index contributed by atoms with van der Waals surface area (Å²) in [5.74, 6) is -1.97. The first-order chi connectivity index (χ1) is 10.7. The Morgan fingerprint density at radius 3 is 2.45 bits per heavy atom. The molecular formula is C16H20FN3O2. The van der Waals surface area contributed by atoms with E-state index in [4.69, 9.17) is 0 Å². The summed E-state index contributed by atoms with van der Waals surface area (Å²) < 4.78 is 13.3. The molecular weight excluding hydrogens is 285 g/mol. The number of amides is 2. The molecule has 2 amide bonds. The Kier molecular flexibility index (Phi) is 6.06. The fourth-order valence-electron chi connectivity index (χ4n) is 2.47. The van der Waals surface area contributed by atoms with Gasteiger partial charge in [-0.3, -0.25) is 9.59 Å². The first-order valence-electron chi connectivity index (χ1n) is 7.55. The SMILES string of the molecule is O=C(N/N=C\c1ccccc1F)C(=O)NC1CCCCCC1. The van der Waals surface area contributed by atoms with Crippen LogP contribution in [-0.2, 0) is 9.59 Å². The first kappa shape index (κ1) is 16.1. The van der Waals surface area contributed by atoms with Gasteiger partial charge in [-0.05, 0) is 18.9 Å². The van der Waals surface area contributed by atoms with Crippen LogP contribution in [0.25, 0.3) is 0 Å². The van der Waals surface area contributed by atoms with Crippen molar-refractivity contribution in [3.05, 3.63) is 35.6 Å². The van der Waals surface area contributed by atoms with Crippen LogP contribution in [0.2, 0.25) is 0 Å². The monoisotopic (exact) mass is 305 g/mol. The van der Waals surface area contributed by atoms with Crippen LogP contribution in [0.4, 0.5) is 4.39 Å². The van der Waals surface area contributed by atoms with Gasteiger partial charge in [0.2, 0.25) is 0 Å². The van der Waals surface area contributed by atoms with E-state index in [1.165, 1.54) is 31.2 Å². The number of hydrogen-bond donors (Lipinski definition) is 2. The molecule has 0 unspecified atom stereocenters. The minimum Gasteiger partial charge on any atom is -0.345 e.